The first-order valence-corrected chi connectivity index (χ1v) is 7.79. The molecule has 0 aliphatic carbocycles. The number of benzene rings is 1. The summed E-state index contributed by atoms with van der Waals surface area (Å²) in [6, 6.07) is 9.95. The van der Waals surface area contributed by atoms with Crippen molar-refractivity contribution >= 4 is 5.70 Å². The fourth-order valence-corrected chi connectivity index (χ4v) is 2.22. The molecule has 4 heteroatoms. The number of ether oxygens (including phenoxy) is 1. The third kappa shape index (κ3) is 5.72. The summed E-state index contributed by atoms with van der Waals surface area (Å²) in [6.45, 7) is 7.33. The zero-order valence-corrected chi connectivity index (χ0v) is 13.7. The van der Waals surface area contributed by atoms with Gasteiger partial charge < -0.3 is 4.74 Å². The van der Waals surface area contributed by atoms with Gasteiger partial charge >= 0.3 is 0 Å². The summed E-state index contributed by atoms with van der Waals surface area (Å²) >= 11 is 0. The van der Waals surface area contributed by atoms with Gasteiger partial charge in [0.05, 0.1) is 6.61 Å². The lowest BCUT2D eigenvalue weighted by Crippen LogP contribution is -2.07. The van der Waals surface area contributed by atoms with Crippen LogP contribution in [0.2, 0.25) is 0 Å². The first-order chi connectivity index (χ1) is 10.5. The molecule has 0 aliphatic rings. The Hall–Kier alpha value is -2.10. The first-order valence-electron chi connectivity index (χ1n) is 7.79. The minimum absolute atomic E-state index is 0.127. The van der Waals surface area contributed by atoms with E-state index in [9.17, 15) is 0 Å². The topological polar surface area (TPSA) is 39.9 Å². The maximum absolute atomic E-state index is 5.73. The molecule has 22 heavy (non-hydrogen) atoms. The molecule has 2 rings (SSSR count). The molecule has 1 heterocycles. The van der Waals surface area contributed by atoms with Gasteiger partial charge in [-0.15, -0.1) is 0 Å². The molecule has 0 saturated carbocycles. The minimum atomic E-state index is 0.127. The van der Waals surface area contributed by atoms with E-state index >= 15 is 0 Å². The summed E-state index contributed by atoms with van der Waals surface area (Å²) in [4.78, 5) is 4.04. The van der Waals surface area contributed by atoms with Crippen molar-refractivity contribution in [3.05, 3.63) is 49.1 Å². The van der Waals surface area contributed by atoms with Gasteiger partial charge in [-0.2, -0.15) is 5.10 Å². The van der Waals surface area contributed by atoms with Crippen molar-refractivity contribution < 1.29 is 4.74 Å². The lowest BCUT2D eigenvalue weighted by molar-refractivity contribution is 0.307. The average Bonchev–Trinajstić information content (AvgIpc) is 3.00. The van der Waals surface area contributed by atoms with Crippen LogP contribution in [0.4, 0.5) is 0 Å². The van der Waals surface area contributed by atoms with Gasteiger partial charge in [0.2, 0.25) is 0 Å². The number of hydrogen-bond acceptors (Lipinski definition) is 3. The molecule has 0 aliphatic heterocycles. The van der Waals surface area contributed by atoms with Gasteiger partial charge in [0.25, 0.3) is 0 Å². The van der Waals surface area contributed by atoms with E-state index in [2.05, 4.69) is 36.9 Å². The van der Waals surface area contributed by atoms with E-state index in [1.807, 2.05) is 35.0 Å². The molecule has 0 fully saturated rings. The van der Waals surface area contributed by atoms with Crippen molar-refractivity contribution in [2.24, 2.45) is 5.41 Å². The highest BCUT2D eigenvalue weighted by Gasteiger charge is 2.10. The summed E-state index contributed by atoms with van der Waals surface area (Å²) in [6.07, 6.45) is 8.66. The zero-order chi connectivity index (χ0) is 15.8. The standard InChI is InChI=1S/C18H25N3O/c1-18(2,3)13-16(21-15-19-14-20-21)9-7-8-12-22-17-10-5-4-6-11-17/h4-6,10-11,13-15H,7-9,12H2,1-3H3. The zero-order valence-electron chi connectivity index (χ0n) is 13.7. The summed E-state index contributed by atoms with van der Waals surface area (Å²) in [5, 5.41) is 4.25. The Kier molecular flexibility index (Phi) is 5.75. The summed E-state index contributed by atoms with van der Waals surface area (Å²) in [5.74, 6) is 0.934. The van der Waals surface area contributed by atoms with Crippen LogP contribution in [-0.2, 0) is 0 Å². The molecule has 0 saturated heterocycles. The third-order valence-corrected chi connectivity index (χ3v) is 3.15. The van der Waals surface area contributed by atoms with E-state index in [1.165, 1.54) is 5.70 Å². The van der Waals surface area contributed by atoms with Crippen molar-refractivity contribution in [3.63, 3.8) is 0 Å². The molecular weight excluding hydrogens is 274 g/mol. The third-order valence-electron chi connectivity index (χ3n) is 3.15. The highest BCUT2D eigenvalue weighted by Crippen LogP contribution is 2.23. The first kappa shape index (κ1) is 16.3. The van der Waals surface area contributed by atoms with E-state index < -0.39 is 0 Å². The van der Waals surface area contributed by atoms with Gasteiger partial charge in [0.1, 0.15) is 18.4 Å². The van der Waals surface area contributed by atoms with Gasteiger partial charge in [-0.05, 0) is 36.8 Å². The number of hydrogen-bond donors (Lipinski definition) is 0. The van der Waals surface area contributed by atoms with Crippen LogP contribution >= 0.6 is 0 Å². The Morgan fingerprint density at radius 3 is 2.59 bits per heavy atom. The maximum atomic E-state index is 5.73. The maximum Gasteiger partial charge on any atom is 0.138 e. The molecule has 2 aromatic rings. The molecule has 0 unspecified atom stereocenters. The molecule has 0 N–H and O–H groups in total. The number of para-hydroxylation sites is 1. The van der Waals surface area contributed by atoms with Crippen molar-refractivity contribution in [2.75, 3.05) is 6.61 Å². The monoisotopic (exact) mass is 299 g/mol. The lowest BCUT2D eigenvalue weighted by atomic mass is 9.94. The quantitative estimate of drug-likeness (QED) is 0.711. The van der Waals surface area contributed by atoms with Gasteiger partial charge in [-0.1, -0.05) is 45.0 Å². The summed E-state index contributed by atoms with van der Waals surface area (Å²) in [5.41, 5.74) is 1.33. The number of aromatic nitrogens is 3. The number of unbranched alkanes of at least 4 members (excludes halogenated alkanes) is 1. The number of rotatable bonds is 7. The van der Waals surface area contributed by atoms with Crippen LogP contribution in [0, 0.1) is 5.41 Å². The Labute approximate surface area is 132 Å². The molecule has 1 aromatic carbocycles. The fraction of sp³-hybridized carbons (Fsp3) is 0.444. The molecule has 1 aromatic heterocycles. The highest BCUT2D eigenvalue weighted by atomic mass is 16.5. The van der Waals surface area contributed by atoms with Gasteiger partial charge in [-0.3, -0.25) is 0 Å². The normalized spacial score (nSPS) is 12.4. The van der Waals surface area contributed by atoms with E-state index in [0.717, 1.165) is 31.6 Å². The predicted octanol–water partition coefficient (Wildman–Crippen LogP) is 4.41. The van der Waals surface area contributed by atoms with Crippen LogP contribution in [0.25, 0.3) is 5.70 Å². The number of allylic oxidation sites excluding steroid dienone is 2. The molecule has 0 spiro atoms. The largest absolute Gasteiger partial charge is 0.494 e. The number of nitrogens with zero attached hydrogens (tertiary/aromatic N) is 3. The fourth-order valence-electron chi connectivity index (χ4n) is 2.22. The predicted molar refractivity (Wildman–Crippen MR) is 89.5 cm³/mol. The SMILES string of the molecule is CC(C)(C)C=C(CCCCOc1ccccc1)n1cncn1. The highest BCUT2D eigenvalue weighted by molar-refractivity contribution is 5.44. The Morgan fingerprint density at radius 2 is 1.95 bits per heavy atom. The Balaban J connectivity index is 1.81. The van der Waals surface area contributed by atoms with Crippen molar-refractivity contribution in [1.82, 2.24) is 14.8 Å². The van der Waals surface area contributed by atoms with E-state index in [4.69, 9.17) is 4.74 Å². The van der Waals surface area contributed by atoms with Crippen LogP contribution in [0.15, 0.2) is 49.1 Å². The second-order valence-electron chi connectivity index (χ2n) is 6.46. The Morgan fingerprint density at radius 1 is 1.18 bits per heavy atom. The Bertz CT molecular complexity index is 568. The van der Waals surface area contributed by atoms with E-state index in [1.54, 1.807) is 12.7 Å². The molecular formula is C18H25N3O. The molecule has 0 amide bonds. The van der Waals surface area contributed by atoms with Gasteiger partial charge in [-0.25, -0.2) is 9.67 Å². The van der Waals surface area contributed by atoms with Crippen LogP contribution < -0.4 is 4.74 Å². The van der Waals surface area contributed by atoms with Crippen LogP contribution in [0.3, 0.4) is 0 Å². The summed E-state index contributed by atoms with van der Waals surface area (Å²) in [7, 11) is 0. The van der Waals surface area contributed by atoms with E-state index in [-0.39, 0.29) is 5.41 Å². The van der Waals surface area contributed by atoms with E-state index in [0.29, 0.717) is 0 Å². The molecule has 0 bridgehead atoms. The lowest BCUT2D eigenvalue weighted by Gasteiger charge is -2.16. The molecule has 118 valence electrons. The van der Waals surface area contributed by atoms with Gasteiger partial charge in [0, 0.05) is 5.70 Å². The van der Waals surface area contributed by atoms with Crippen LogP contribution in [-0.4, -0.2) is 21.4 Å². The molecule has 0 radical (unpaired) electrons. The second kappa shape index (κ2) is 7.78. The van der Waals surface area contributed by atoms with Gasteiger partial charge in [0.15, 0.2) is 0 Å². The second-order valence-corrected chi connectivity index (χ2v) is 6.46. The van der Waals surface area contributed by atoms with Crippen molar-refractivity contribution in [3.8, 4) is 5.75 Å². The van der Waals surface area contributed by atoms with Crippen LogP contribution in [0.1, 0.15) is 40.0 Å². The smallest absolute Gasteiger partial charge is 0.138 e. The summed E-state index contributed by atoms with van der Waals surface area (Å²) < 4.78 is 7.59. The molecule has 0 atom stereocenters. The van der Waals surface area contributed by atoms with Crippen molar-refractivity contribution in [1.29, 1.82) is 0 Å². The van der Waals surface area contributed by atoms with Crippen molar-refractivity contribution in [2.45, 2.75) is 40.0 Å². The average molecular weight is 299 g/mol. The minimum Gasteiger partial charge on any atom is -0.494 e. The molecule has 4 nitrogen and oxygen atoms in total. The van der Waals surface area contributed by atoms with Crippen LogP contribution in [0.5, 0.6) is 5.75 Å².